The lowest BCUT2D eigenvalue weighted by molar-refractivity contribution is -0.138. The number of halogens is 1. The van der Waals surface area contributed by atoms with E-state index in [2.05, 4.69) is 10.6 Å². The largest absolute Gasteiger partial charge is 0.355 e. The van der Waals surface area contributed by atoms with Crippen LogP contribution in [0.1, 0.15) is 12.0 Å². The number of nitrogens with one attached hydrogen (secondary N) is 2. The molecule has 0 radical (unpaired) electrons. The van der Waals surface area contributed by atoms with Crippen molar-refractivity contribution < 1.29 is 14.0 Å². The second-order valence-electron chi connectivity index (χ2n) is 6.22. The van der Waals surface area contributed by atoms with Crippen LogP contribution in [0.25, 0.3) is 0 Å². The van der Waals surface area contributed by atoms with Gasteiger partial charge in [0.2, 0.25) is 11.8 Å². The monoisotopic (exact) mass is 336 g/mol. The zero-order chi connectivity index (χ0) is 17.5. The molecule has 0 bridgehead atoms. The molecule has 24 heavy (non-hydrogen) atoms. The van der Waals surface area contributed by atoms with E-state index in [1.807, 2.05) is 19.0 Å². The molecule has 0 aliphatic carbocycles. The van der Waals surface area contributed by atoms with Gasteiger partial charge in [-0.2, -0.15) is 0 Å². The van der Waals surface area contributed by atoms with Gasteiger partial charge in [0.05, 0.1) is 12.5 Å². The van der Waals surface area contributed by atoms with Gasteiger partial charge in [-0.3, -0.25) is 9.59 Å². The van der Waals surface area contributed by atoms with Crippen LogP contribution in [0.3, 0.4) is 0 Å². The summed E-state index contributed by atoms with van der Waals surface area (Å²) in [6, 6.07) is 5.88. The number of carbonyl (C=O) groups is 2. The van der Waals surface area contributed by atoms with Crippen molar-refractivity contribution in [2.75, 3.05) is 40.3 Å². The summed E-state index contributed by atoms with van der Waals surface area (Å²) in [5, 5.41) is 5.88. The number of piperazine rings is 1. The first-order chi connectivity index (χ1) is 11.5. The fourth-order valence-corrected chi connectivity index (χ4v) is 2.62. The lowest BCUT2D eigenvalue weighted by Crippen LogP contribution is -2.56. The standard InChI is InChI=1S/C17H25FN4O2/c1-21(2)9-7-20-16(23)11-15-17(24)22(10-8-19-15)12-13-5-3-4-6-14(13)18/h3-6,15,19H,7-12H2,1-2H3,(H,20,23). The van der Waals surface area contributed by atoms with Crippen LogP contribution in [-0.2, 0) is 16.1 Å². The quantitative estimate of drug-likeness (QED) is 0.746. The highest BCUT2D eigenvalue weighted by Crippen LogP contribution is 2.13. The van der Waals surface area contributed by atoms with E-state index < -0.39 is 6.04 Å². The molecule has 1 fully saturated rings. The van der Waals surface area contributed by atoms with Gasteiger partial charge in [0.25, 0.3) is 0 Å². The molecule has 0 aromatic heterocycles. The van der Waals surface area contributed by atoms with Gasteiger partial charge in [0, 0.05) is 38.3 Å². The zero-order valence-corrected chi connectivity index (χ0v) is 14.2. The minimum absolute atomic E-state index is 0.0973. The van der Waals surface area contributed by atoms with E-state index in [9.17, 15) is 14.0 Å². The molecule has 1 heterocycles. The summed E-state index contributed by atoms with van der Waals surface area (Å²) in [5.41, 5.74) is 0.488. The first-order valence-electron chi connectivity index (χ1n) is 8.14. The molecule has 2 amide bonds. The molecule has 0 spiro atoms. The highest BCUT2D eigenvalue weighted by atomic mass is 19.1. The molecule has 1 saturated heterocycles. The Kier molecular flexibility index (Phi) is 6.69. The topological polar surface area (TPSA) is 64.7 Å². The zero-order valence-electron chi connectivity index (χ0n) is 14.2. The van der Waals surface area contributed by atoms with E-state index in [1.165, 1.54) is 6.07 Å². The molecule has 2 N–H and O–H groups in total. The van der Waals surface area contributed by atoms with Crippen LogP contribution >= 0.6 is 0 Å². The van der Waals surface area contributed by atoms with Gasteiger partial charge in [-0.15, -0.1) is 0 Å². The predicted octanol–water partition coefficient (Wildman–Crippen LogP) is 0.194. The lowest BCUT2D eigenvalue weighted by Gasteiger charge is -2.33. The van der Waals surface area contributed by atoms with Gasteiger partial charge in [-0.25, -0.2) is 4.39 Å². The molecule has 1 aromatic rings. The van der Waals surface area contributed by atoms with Crippen LogP contribution in [0.5, 0.6) is 0 Å². The molecule has 132 valence electrons. The molecule has 1 unspecified atom stereocenters. The first-order valence-corrected chi connectivity index (χ1v) is 8.14. The summed E-state index contributed by atoms with van der Waals surface area (Å²) in [6.45, 7) is 2.62. The highest BCUT2D eigenvalue weighted by molar-refractivity contribution is 5.88. The Hall–Kier alpha value is -1.99. The molecule has 7 heteroatoms. The molecule has 0 saturated carbocycles. The smallest absolute Gasteiger partial charge is 0.240 e. The fourth-order valence-electron chi connectivity index (χ4n) is 2.62. The summed E-state index contributed by atoms with van der Waals surface area (Å²) >= 11 is 0. The van der Waals surface area contributed by atoms with Gasteiger partial charge in [-0.1, -0.05) is 18.2 Å². The van der Waals surface area contributed by atoms with Crippen molar-refractivity contribution in [1.82, 2.24) is 20.4 Å². The molecule has 1 aliphatic heterocycles. The Balaban J connectivity index is 1.88. The predicted molar refractivity (Wildman–Crippen MR) is 89.8 cm³/mol. The fraction of sp³-hybridized carbons (Fsp3) is 0.529. The number of rotatable bonds is 7. The number of likely N-dealkylation sites (N-methyl/N-ethyl adjacent to an activating group) is 1. The van der Waals surface area contributed by atoms with Crippen molar-refractivity contribution in [3.63, 3.8) is 0 Å². The Morgan fingerprint density at radius 3 is 2.88 bits per heavy atom. The number of nitrogens with zero attached hydrogens (tertiary/aromatic N) is 2. The maximum atomic E-state index is 13.8. The first kappa shape index (κ1) is 18.4. The maximum Gasteiger partial charge on any atom is 0.240 e. The molecule has 1 aromatic carbocycles. The van der Waals surface area contributed by atoms with Gasteiger partial charge in [0.15, 0.2) is 0 Å². The number of hydrogen-bond donors (Lipinski definition) is 2. The van der Waals surface area contributed by atoms with Gasteiger partial charge < -0.3 is 20.4 Å². The Morgan fingerprint density at radius 1 is 1.42 bits per heavy atom. The van der Waals surface area contributed by atoms with Gasteiger partial charge >= 0.3 is 0 Å². The van der Waals surface area contributed by atoms with Crippen LogP contribution in [0.2, 0.25) is 0 Å². The molecule has 1 atom stereocenters. The number of carbonyl (C=O) groups excluding carboxylic acids is 2. The van der Waals surface area contributed by atoms with Gasteiger partial charge in [-0.05, 0) is 20.2 Å². The third-order valence-electron chi connectivity index (χ3n) is 3.97. The van der Waals surface area contributed by atoms with Crippen LogP contribution in [0.15, 0.2) is 24.3 Å². The van der Waals surface area contributed by atoms with E-state index in [1.54, 1.807) is 23.1 Å². The second kappa shape index (κ2) is 8.75. The van der Waals surface area contributed by atoms with E-state index in [-0.39, 0.29) is 30.6 Å². The summed E-state index contributed by atoms with van der Waals surface area (Å²) in [5.74, 6) is -0.635. The normalized spacial score (nSPS) is 18.1. The SMILES string of the molecule is CN(C)CCNC(=O)CC1NCCN(Cc2ccccc2F)C1=O. The third-order valence-corrected chi connectivity index (χ3v) is 3.97. The Morgan fingerprint density at radius 2 is 2.17 bits per heavy atom. The minimum Gasteiger partial charge on any atom is -0.355 e. The average molecular weight is 336 g/mol. The molecule has 1 aliphatic rings. The summed E-state index contributed by atoms with van der Waals surface area (Å²) in [6.07, 6.45) is 0.0973. The van der Waals surface area contributed by atoms with E-state index in [0.29, 0.717) is 25.2 Å². The minimum atomic E-state index is -0.551. The Labute approximate surface area is 142 Å². The number of hydrogen-bond acceptors (Lipinski definition) is 4. The van der Waals surface area contributed by atoms with Crippen molar-refractivity contribution in [2.24, 2.45) is 0 Å². The summed E-state index contributed by atoms with van der Waals surface area (Å²) in [7, 11) is 3.86. The number of amides is 2. The maximum absolute atomic E-state index is 13.8. The lowest BCUT2D eigenvalue weighted by atomic mass is 10.1. The third kappa shape index (κ3) is 5.28. The van der Waals surface area contributed by atoms with Crippen molar-refractivity contribution in [3.8, 4) is 0 Å². The number of benzene rings is 1. The molecule has 2 rings (SSSR count). The van der Waals surface area contributed by atoms with Crippen LogP contribution in [-0.4, -0.2) is 67.9 Å². The van der Waals surface area contributed by atoms with Crippen molar-refractivity contribution >= 4 is 11.8 Å². The van der Waals surface area contributed by atoms with Crippen molar-refractivity contribution in [3.05, 3.63) is 35.6 Å². The van der Waals surface area contributed by atoms with Crippen LogP contribution in [0, 0.1) is 5.82 Å². The molecular weight excluding hydrogens is 311 g/mol. The van der Waals surface area contributed by atoms with E-state index in [0.717, 1.165) is 6.54 Å². The Bertz CT molecular complexity index is 579. The van der Waals surface area contributed by atoms with Gasteiger partial charge in [0.1, 0.15) is 5.82 Å². The average Bonchev–Trinajstić information content (AvgIpc) is 2.53. The molecule has 6 nitrogen and oxygen atoms in total. The van der Waals surface area contributed by atoms with Crippen LogP contribution < -0.4 is 10.6 Å². The van der Waals surface area contributed by atoms with E-state index >= 15 is 0 Å². The second-order valence-corrected chi connectivity index (χ2v) is 6.22. The van der Waals surface area contributed by atoms with E-state index in [4.69, 9.17) is 0 Å². The highest BCUT2D eigenvalue weighted by Gasteiger charge is 2.30. The summed E-state index contributed by atoms with van der Waals surface area (Å²) in [4.78, 5) is 28.0. The molecular formula is C17H25FN4O2. The summed E-state index contributed by atoms with van der Waals surface area (Å²) < 4.78 is 13.8. The van der Waals surface area contributed by atoms with Crippen LogP contribution in [0.4, 0.5) is 4.39 Å². The van der Waals surface area contributed by atoms with Crippen molar-refractivity contribution in [2.45, 2.75) is 19.0 Å². The van der Waals surface area contributed by atoms with Crippen molar-refractivity contribution in [1.29, 1.82) is 0 Å².